The molecule has 2 aromatic carbocycles. The minimum absolute atomic E-state index is 0.0423. The van der Waals surface area contributed by atoms with Crippen molar-refractivity contribution >= 4 is 23.2 Å². The quantitative estimate of drug-likeness (QED) is 0.565. The lowest BCUT2D eigenvalue weighted by molar-refractivity contribution is -0.126. The van der Waals surface area contributed by atoms with Gasteiger partial charge < -0.3 is 15.0 Å². The summed E-state index contributed by atoms with van der Waals surface area (Å²) in [4.78, 5) is 27.7. The number of hydrogen-bond acceptors (Lipinski definition) is 4. The second-order valence-electron chi connectivity index (χ2n) is 8.18. The molecular formula is C26H28N2O3S. The monoisotopic (exact) mass is 448 g/mol. The van der Waals surface area contributed by atoms with Gasteiger partial charge in [0.05, 0.1) is 4.88 Å². The molecule has 3 aromatic rings. The zero-order chi connectivity index (χ0) is 22.3. The smallest absolute Gasteiger partial charge is 0.263 e. The van der Waals surface area contributed by atoms with Crippen molar-refractivity contribution in [3.63, 3.8) is 0 Å². The number of thiophene rings is 1. The van der Waals surface area contributed by atoms with Crippen LogP contribution in [-0.4, -0.2) is 29.8 Å². The molecule has 1 aliphatic rings. The number of hydrogen-bond donors (Lipinski definition) is 1. The van der Waals surface area contributed by atoms with Gasteiger partial charge in [0.2, 0.25) is 5.91 Å². The van der Waals surface area contributed by atoms with E-state index in [0.717, 1.165) is 21.8 Å². The summed E-state index contributed by atoms with van der Waals surface area (Å²) < 4.78 is 5.86. The van der Waals surface area contributed by atoms with Crippen molar-refractivity contribution in [1.82, 2.24) is 10.2 Å². The second kappa shape index (κ2) is 10.5. The average Bonchev–Trinajstić information content (AvgIpc) is 3.37. The van der Waals surface area contributed by atoms with Gasteiger partial charge in [-0.2, -0.15) is 0 Å². The third kappa shape index (κ3) is 5.77. The van der Waals surface area contributed by atoms with Crippen LogP contribution in [0.25, 0.3) is 0 Å². The van der Waals surface area contributed by atoms with Crippen LogP contribution in [0.15, 0.2) is 66.0 Å². The van der Waals surface area contributed by atoms with Gasteiger partial charge >= 0.3 is 0 Å². The van der Waals surface area contributed by atoms with Gasteiger partial charge in [-0.3, -0.25) is 9.59 Å². The molecular weight excluding hydrogens is 420 g/mol. The number of carbonyl (C=O) groups is 2. The van der Waals surface area contributed by atoms with Gasteiger partial charge in [-0.1, -0.05) is 48.0 Å². The van der Waals surface area contributed by atoms with Gasteiger partial charge in [0.15, 0.2) is 0 Å². The number of carbonyl (C=O) groups excluding carboxylic acids is 2. The van der Waals surface area contributed by atoms with Crippen LogP contribution < -0.4 is 10.1 Å². The maximum absolute atomic E-state index is 12.6. The van der Waals surface area contributed by atoms with E-state index in [1.165, 1.54) is 16.9 Å². The maximum atomic E-state index is 12.6. The molecule has 2 heterocycles. The highest BCUT2D eigenvalue weighted by atomic mass is 32.1. The Morgan fingerprint density at radius 1 is 1.03 bits per heavy atom. The van der Waals surface area contributed by atoms with Crippen molar-refractivity contribution < 1.29 is 14.3 Å². The first kappa shape index (κ1) is 22.1. The van der Waals surface area contributed by atoms with Crippen LogP contribution >= 0.6 is 11.3 Å². The summed E-state index contributed by atoms with van der Waals surface area (Å²) in [5.41, 5.74) is 3.40. The SMILES string of the molecule is Cc1cccc(COc2ccc(CNC(=O)C3CCN(C(=O)c4cccs4)CC3)cc2)c1. The molecule has 4 rings (SSSR count). The Hall–Kier alpha value is -3.12. The molecule has 2 amide bonds. The summed E-state index contributed by atoms with van der Waals surface area (Å²) >= 11 is 1.46. The highest BCUT2D eigenvalue weighted by molar-refractivity contribution is 7.12. The molecule has 0 atom stereocenters. The highest BCUT2D eigenvalue weighted by Crippen LogP contribution is 2.21. The summed E-state index contributed by atoms with van der Waals surface area (Å²) in [5, 5.41) is 4.96. The van der Waals surface area contributed by atoms with E-state index < -0.39 is 0 Å². The van der Waals surface area contributed by atoms with Crippen LogP contribution in [0.5, 0.6) is 5.75 Å². The normalized spacial score (nSPS) is 14.2. The van der Waals surface area contributed by atoms with Crippen molar-refractivity contribution in [1.29, 1.82) is 0 Å². The highest BCUT2D eigenvalue weighted by Gasteiger charge is 2.27. The van der Waals surface area contributed by atoms with E-state index in [9.17, 15) is 9.59 Å². The van der Waals surface area contributed by atoms with Gasteiger partial charge in [-0.15, -0.1) is 11.3 Å². The molecule has 32 heavy (non-hydrogen) atoms. The standard InChI is InChI=1S/C26H28N2O3S/c1-19-4-2-5-21(16-19)18-31-23-9-7-20(8-10-23)17-27-25(29)22-11-13-28(14-12-22)26(30)24-6-3-15-32-24/h2-10,15-16,22H,11-14,17-18H2,1H3,(H,27,29). The third-order valence-corrected chi connectivity index (χ3v) is 6.62. The van der Waals surface area contributed by atoms with E-state index in [2.05, 4.69) is 30.4 Å². The molecule has 1 aromatic heterocycles. The Labute approximate surface area is 193 Å². The fourth-order valence-corrected chi connectivity index (χ4v) is 4.60. The lowest BCUT2D eigenvalue weighted by Gasteiger charge is -2.31. The number of ether oxygens (including phenoxy) is 1. The van der Waals surface area contributed by atoms with E-state index in [0.29, 0.717) is 39.1 Å². The molecule has 166 valence electrons. The van der Waals surface area contributed by atoms with E-state index in [4.69, 9.17) is 4.74 Å². The van der Waals surface area contributed by atoms with Crippen molar-refractivity contribution in [3.8, 4) is 5.75 Å². The fourth-order valence-electron chi connectivity index (χ4n) is 3.91. The first-order chi connectivity index (χ1) is 15.6. The van der Waals surface area contributed by atoms with Crippen LogP contribution in [0.3, 0.4) is 0 Å². The molecule has 0 spiro atoms. The molecule has 1 saturated heterocycles. The van der Waals surface area contributed by atoms with Gasteiger partial charge in [-0.05, 0) is 54.5 Å². The molecule has 0 radical (unpaired) electrons. The first-order valence-corrected chi connectivity index (χ1v) is 11.8. The molecule has 1 fully saturated rings. The summed E-state index contributed by atoms with van der Waals surface area (Å²) in [7, 11) is 0. The lowest BCUT2D eigenvalue weighted by atomic mass is 9.95. The van der Waals surface area contributed by atoms with Gasteiger partial charge in [-0.25, -0.2) is 0 Å². The van der Waals surface area contributed by atoms with Crippen molar-refractivity contribution in [3.05, 3.63) is 87.6 Å². The zero-order valence-electron chi connectivity index (χ0n) is 18.3. The third-order valence-electron chi connectivity index (χ3n) is 5.76. The minimum Gasteiger partial charge on any atom is -0.489 e. The van der Waals surface area contributed by atoms with Crippen LogP contribution in [0.4, 0.5) is 0 Å². The number of benzene rings is 2. The summed E-state index contributed by atoms with van der Waals surface area (Å²) in [6, 6.07) is 19.9. The predicted octanol–water partition coefficient (Wildman–Crippen LogP) is 4.80. The average molecular weight is 449 g/mol. The van der Waals surface area contributed by atoms with E-state index >= 15 is 0 Å². The number of nitrogens with one attached hydrogen (secondary N) is 1. The maximum Gasteiger partial charge on any atom is 0.263 e. The number of nitrogens with zero attached hydrogens (tertiary/aromatic N) is 1. The number of aryl methyl sites for hydroxylation is 1. The topological polar surface area (TPSA) is 58.6 Å². The number of amides is 2. The van der Waals surface area contributed by atoms with Crippen LogP contribution in [0.2, 0.25) is 0 Å². The molecule has 6 heteroatoms. The Kier molecular flexibility index (Phi) is 7.22. The Morgan fingerprint density at radius 3 is 2.50 bits per heavy atom. The molecule has 0 aliphatic carbocycles. The van der Waals surface area contributed by atoms with Crippen molar-refractivity contribution in [2.75, 3.05) is 13.1 Å². The van der Waals surface area contributed by atoms with Crippen molar-refractivity contribution in [2.24, 2.45) is 5.92 Å². The van der Waals surface area contributed by atoms with Gasteiger partial charge in [0.25, 0.3) is 5.91 Å². The summed E-state index contributed by atoms with van der Waals surface area (Å²) in [6.07, 6.45) is 1.41. The van der Waals surface area contributed by atoms with Gasteiger partial charge in [0, 0.05) is 25.6 Å². The Morgan fingerprint density at radius 2 is 1.81 bits per heavy atom. The zero-order valence-corrected chi connectivity index (χ0v) is 19.1. The lowest BCUT2D eigenvalue weighted by Crippen LogP contribution is -2.42. The largest absolute Gasteiger partial charge is 0.489 e. The van der Waals surface area contributed by atoms with E-state index in [1.54, 1.807) is 0 Å². The van der Waals surface area contributed by atoms with Crippen LogP contribution in [0, 0.1) is 12.8 Å². The first-order valence-electron chi connectivity index (χ1n) is 11.0. The van der Waals surface area contributed by atoms with Crippen LogP contribution in [-0.2, 0) is 17.9 Å². The minimum atomic E-state index is -0.0423. The van der Waals surface area contributed by atoms with Crippen molar-refractivity contribution in [2.45, 2.75) is 32.9 Å². The van der Waals surface area contributed by atoms with E-state index in [1.807, 2.05) is 52.7 Å². The Balaban J connectivity index is 1.20. The summed E-state index contributed by atoms with van der Waals surface area (Å²) in [6.45, 7) is 4.35. The number of likely N-dealkylation sites (tertiary alicyclic amines) is 1. The number of piperidine rings is 1. The molecule has 1 N–H and O–H groups in total. The van der Waals surface area contributed by atoms with Crippen LogP contribution in [0.1, 0.15) is 39.2 Å². The molecule has 0 unspecified atom stereocenters. The van der Waals surface area contributed by atoms with E-state index in [-0.39, 0.29) is 17.7 Å². The fraction of sp³-hybridized carbons (Fsp3) is 0.308. The molecule has 1 aliphatic heterocycles. The molecule has 5 nitrogen and oxygen atoms in total. The Bertz CT molecular complexity index is 1040. The molecule has 0 bridgehead atoms. The molecule has 0 saturated carbocycles. The second-order valence-corrected chi connectivity index (χ2v) is 9.13. The summed E-state index contributed by atoms with van der Waals surface area (Å²) in [5.74, 6) is 0.903. The predicted molar refractivity (Wildman–Crippen MR) is 127 cm³/mol. The van der Waals surface area contributed by atoms with Gasteiger partial charge in [0.1, 0.15) is 12.4 Å². The number of rotatable bonds is 7.